The first kappa shape index (κ1) is 18.4. The van der Waals surface area contributed by atoms with Crippen molar-refractivity contribution < 1.29 is 19.1 Å². The number of alkyl halides is 1. The summed E-state index contributed by atoms with van der Waals surface area (Å²) in [6.07, 6.45) is 3.22. The van der Waals surface area contributed by atoms with Gasteiger partial charge in [0, 0.05) is 31.2 Å². The van der Waals surface area contributed by atoms with Crippen LogP contribution in [0.3, 0.4) is 0 Å². The quantitative estimate of drug-likeness (QED) is 0.710. The number of aromatic carboxylic acids is 1. The maximum Gasteiger partial charge on any atom is 0.341 e. The lowest BCUT2D eigenvalue weighted by Crippen LogP contribution is -2.24. The molecule has 3 N–H and O–H groups in total. The maximum atomic E-state index is 12.5. The number of halogens is 1. The average Bonchev–Trinajstić information content (AvgIpc) is 3.45. The summed E-state index contributed by atoms with van der Waals surface area (Å²) in [5.74, 6) is -0.707. The summed E-state index contributed by atoms with van der Waals surface area (Å²) >= 11 is 0. The number of pyridine rings is 2. The number of nitrogens with zero attached hydrogens (tertiary/aromatic N) is 4. The zero-order chi connectivity index (χ0) is 19.8. The summed E-state index contributed by atoms with van der Waals surface area (Å²) in [6.45, 7) is 0.271. The molecular weight excluding hydrogens is 369 g/mol. The lowest BCUT2D eigenvalue weighted by Gasteiger charge is -2.18. The molecule has 0 bridgehead atoms. The average molecular weight is 389 g/mol. The Hall–Kier alpha value is -3.01. The van der Waals surface area contributed by atoms with E-state index >= 15 is 0 Å². The Morgan fingerprint density at radius 1 is 1.43 bits per heavy atom. The van der Waals surface area contributed by atoms with E-state index in [1.807, 2.05) is 4.90 Å². The lowest BCUT2D eigenvalue weighted by molar-refractivity contribution is 0.0626. The van der Waals surface area contributed by atoms with Crippen LogP contribution in [0, 0.1) is 5.92 Å². The van der Waals surface area contributed by atoms with Crippen LogP contribution in [0.5, 0.6) is 0 Å². The molecule has 148 valence electrons. The van der Waals surface area contributed by atoms with Gasteiger partial charge in [-0.3, -0.25) is 4.79 Å². The monoisotopic (exact) mass is 389 g/mol. The first-order chi connectivity index (χ1) is 13.5. The molecule has 2 aromatic rings. The van der Waals surface area contributed by atoms with E-state index in [0.29, 0.717) is 36.8 Å². The van der Waals surface area contributed by atoms with Gasteiger partial charge in [0.1, 0.15) is 17.0 Å². The van der Waals surface area contributed by atoms with Crippen molar-refractivity contribution in [3.8, 4) is 0 Å². The number of rotatable bonds is 6. The summed E-state index contributed by atoms with van der Waals surface area (Å²) in [6, 6.07) is 3.43. The Labute approximate surface area is 159 Å². The molecule has 3 heterocycles. The van der Waals surface area contributed by atoms with E-state index in [9.17, 15) is 19.1 Å². The first-order valence-electron chi connectivity index (χ1n) is 9.02. The number of fused-ring (bicyclic) bond motifs is 1. The molecule has 1 atom stereocenters. The third-order valence-electron chi connectivity index (χ3n) is 5.14. The molecule has 0 amide bonds. The third kappa shape index (κ3) is 3.19. The van der Waals surface area contributed by atoms with Crippen LogP contribution in [0.25, 0.3) is 11.0 Å². The van der Waals surface area contributed by atoms with Crippen molar-refractivity contribution in [1.29, 1.82) is 0 Å². The standard InChI is InChI=1S/C18H20FN5O4/c19-9-28-22-14-8-23(6-10(14)5-20)15-4-3-12-16(25)13(18(26)27)7-24(11-1-2-11)17(12)21-15/h3-4,7,10-11H,1-2,5-6,8-9,20H2,(H,26,27)/b22-14+. The lowest BCUT2D eigenvalue weighted by atomic mass is 10.1. The molecule has 4 rings (SSSR count). The predicted molar refractivity (Wildman–Crippen MR) is 100 cm³/mol. The first-order valence-corrected chi connectivity index (χ1v) is 9.02. The highest BCUT2D eigenvalue weighted by Gasteiger charge is 2.31. The van der Waals surface area contributed by atoms with E-state index in [-0.39, 0.29) is 22.9 Å². The molecule has 0 radical (unpaired) electrons. The fourth-order valence-electron chi connectivity index (χ4n) is 3.53. The van der Waals surface area contributed by atoms with Crippen molar-refractivity contribution >= 4 is 28.5 Å². The second-order valence-corrected chi connectivity index (χ2v) is 6.99. The Balaban J connectivity index is 1.76. The highest BCUT2D eigenvalue weighted by atomic mass is 19.1. The number of carbonyl (C=O) groups is 1. The molecule has 9 nitrogen and oxygen atoms in total. The largest absolute Gasteiger partial charge is 0.477 e. The predicted octanol–water partition coefficient (Wildman–Crippen LogP) is 1.12. The van der Waals surface area contributed by atoms with Gasteiger partial charge in [0.15, 0.2) is 0 Å². The van der Waals surface area contributed by atoms with Gasteiger partial charge in [-0.05, 0) is 25.0 Å². The maximum absolute atomic E-state index is 12.5. The summed E-state index contributed by atoms with van der Waals surface area (Å²) in [7, 11) is 0. The molecule has 10 heteroatoms. The second-order valence-electron chi connectivity index (χ2n) is 6.99. The van der Waals surface area contributed by atoms with E-state index < -0.39 is 18.3 Å². The van der Waals surface area contributed by atoms with Crippen LogP contribution in [-0.4, -0.2) is 52.8 Å². The summed E-state index contributed by atoms with van der Waals surface area (Å²) < 4.78 is 14.0. The van der Waals surface area contributed by atoms with Crippen LogP contribution in [0.1, 0.15) is 29.2 Å². The topological polar surface area (TPSA) is 123 Å². The highest BCUT2D eigenvalue weighted by Crippen LogP contribution is 2.37. The van der Waals surface area contributed by atoms with Gasteiger partial charge in [0.25, 0.3) is 6.86 Å². The normalized spacial score (nSPS) is 20.9. The van der Waals surface area contributed by atoms with Crippen molar-refractivity contribution in [3.63, 3.8) is 0 Å². The fourth-order valence-corrected chi connectivity index (χ4v) is 3.53. The molecule has 1 saturated carbocycles. The Bertz CT molecular complexity index is 1020. The number of anilines is 1. The van der Waals surface area contributed by atoms with E-state index in [1.54, 1.807) is 16.7 Å². The Morgan fingerprint density at radius 2 is 2.21 bits per heavy atom. The third-order valence-corrected chi connectivity index (χ3v) is 5.14. The van der Waals surface area contributed by atoms with Gasteiger partial charge in [-0.25, -0.2) is 14.2 Å². The van der Waals surface area contributed by atoms with Crippen molar-refractivity contribution in [2.45, 2.75) is 18.9 Å². The van der Waals surface area contributed by atoms with E-state index in [1.165, 1.54) is 6.20 Å². The fraction of sp³-hybridized carbons (Fsp3) is 0.444. The van der Waals surface area contributed by atoms with Crippen LogP contribution >= 0.6 is 0 Å². The molecule has 1 aliphatic heterocycles. The van der Waals surface area contributed by atoms with Gasteiger partial charge in [-0.15, -0.1) is 0 Å². The Kier molecular flexibility index (Phi) is 4.71. The molecule has 2 fully saturated rings. The molecule has 1 aliphatic carbocycles. The molecule has 1 saturated heterocycles. The number of carboxylic acids is 1. The van der Waals surface area contributed by atoms with Crippen LogP contribution in [0.2, 0.25) is 0 Å². The molecule has 28 heavy (non-hydrogen) atoms. The summed E-state index contributed by atoms with van der Waals surface area (Å²) in [4.78, 5) is 35.1. The minimum Gasteiger partial charge on any atom is -0.477 e. The van der Waals surface area contributed by atoms with Gasteiger partial charge < -0.3 is 25.1 Å². The number of oxime groups is 1. The summed E-state index contributed by atoms with van der Waals surface area (Å²) in [5.41, 5.74) is 6.09. The van der Waals surface area contributed by atoms with Gasteiger partial charge in [0.2, 0.25) is 5.43 Å². The number of hydrogen-bond acceptors (Lipinski definition) is 7. The van der Waals surface area contributed by atoms with Crippen molar-refractivity contribution in [3.05, 3.63) is 34.1 Å². The van der Waals surface area contributed by atoms with Crippen LogP contribution in [0.4, 0.5) is 10.2 Å². The van der Waals surface area contributed by atoms with Gasteiger partial charge in [-0.2, -0.15) is 0 Å². The van der Waals surface area contributed by atoms with Crippen molar-refractivity contribution in [2.24, 2.45) is 16.8 Å². The van der Waals surface area contributed by atoms with Gasteiger partial charge in [-0.1, -0.05) is 5.16 Å². The number of aromatic nitrogens is 2. The van der Waals surface area contributed by atoms with E-state index in [4.69, 9.17) is 5.73 Å². The molecule has 0 spiro atoms. The Morgan fingerprint density at radius 3 is 2.86 bits per heavy atom. The van der Waals surface area contributed by atoms with Crippen molar-refractivity contribution in [1.82, 2.24) is 9.55 Å². The van der Waals surface area contributed by atoms with E-state index in [2.05, 4.69) is 15.0 Å². The number of nitrogens with two attached hydrogens (primary N) is 1. The molecule has 1 unspecified atom stereocenters. The summed E-state index contributed by atoms with van der Waals surface area (Å²) in [5, 5.41) is 13.4. The molecule has 0 aromatic carbocycles. The van der Waals surface area contributed by atoms with Crippen LogP contribution in [0.15, 0.2) is 28.3 Å². The molecule has 2 aliphatic rings. The van der Waals surface area contributed by atoms with Gasteiger partial charge >= 0.3 is 5.97 Å². The molecular formula is C18H20FN5O4. The zero-order valence-corrected chi connectivity index (χ0v) is 15.0. The zero-order valence-electron chi connectivity index (χ0n) is 15.0. The SMILES string of the molecule is NCC1CN(c2ccc3c(=O)c(C(=O)O)cn(C4CC4)c3n2)C/C1=N\OCF. The smallest absolute Gasteiger partial charge is 0.341 e. The van der Waals surface area contributed by atoms with Crippen molar-refractivity contribution in [2.75, 3.05) is 31.4 Å². The minimum absolute atomic E-state index is 0.0796. The van der Waals surface area contributed by atoms with Crippen LogP contribution in [-0.2, 0) is 4.84 Å². The number of hydrogen-bond donors (Lipinski definition) is 2. The molecule has 2 aromatic heterocycles. The second kappa shape index (κ2) is 7.19. The minimum atomic E-state index is -1.25. The van der Waals surface area contributed by atoms with Crippen LogP contribution < -0.4 is 16.1 Å². The highest BCUT2D eigenvalue weighted by molar-refractivity contribution is 5.95. The number of carboxylic acid groups (broad SMARTS) is 1. The van der Waals surface area contributed by atoms with Gasteiger partial charge in [0.05, 0.1) is 17.6 Å². The van der Waals surface area contributed by atoms with E-state index in [0.717, 1.165) is 12.8 Å².